The fourth-order valence-electron chi connectivity index (χ4n) is 2.53. The second-order valence-electron chi connectivity index (χ2n) is 5.34. The van der Waals surface area contributed by atoms with E-state index in [0.717, 1.165) is 5.56 Å². The standard InChI is InChI=1S/C18H14ClFN2O3/c1-25-16-5-2-10(6-14(16)19)8-22-17-12-7-11(20)3-4-15(12)21-9-13(17)18(23)24/h2-7,9H,8H2,1H3,(H,21,22)(H,23,24). The van der Waals surface area contributed by atoms with Gasteiger partial charge in [-0.3, -0.25) is 4.98 Å². The Kier molecular flexibility index (Phi) is 4.72. The number of methoxy groups -OCH3 is 1. The minimum atomic E-state index is -1.14. The third kappa shape index (κ3) is 3.49. The zero-order valence-corrected chi connectivity index (χ0v) is 14.0. The van der Waals surface area contributed by atoms with Gasteiger partial charge in [0.15, 0.2) is 0 Å². The second-order valence-corrected chi connectivity index (χ2v) is 5.74. The fraction of sp³-hybridized carbons (Fsp3) is 0.111. The van der Waals surface area contributed by atoms with E-state index in [9.17, 15) is 14.3 Å². The largest absolute Gasteiger partial charge is 0.495 e. The van der Waals surface area contributed by atoms with E-state index in [4.69, 9.17) is 16.3 Å². The molecule has 0 aliphatic heterocycles. The summed E-state index contributed by atoms with van der Waals surface area (Å²) < 4.78 is 18.7. The lowest BCUT2D eigenvalue weighted by molar-refractivity contribution is 0.0697. The Morgan fingerprint density at radius 2 is 2.12 bits per heavy atom. The Balaban J connectivity index is 1.99. The van der Waals surface area contributed by atoms with Crippen molar-refractivity contribution in [2.45, 2.75) is 6.54 Å². The highest BCUT2D eigenvalue weighted by molar-refractivity contribution is 6.32. The molecule has 3 aromatic rings. The minimum absolute atomic E-state index is 0.0299. The lowest BCUT2D eigenvalue weighted by atomic mass is 10.1. The molecule has 1 aromatic heterocycles. The van der Waals surface area contributed by atoms with Gasteiger partial charge in [-0.1, -0.05) is 17.7 Å². The summed E-state index contributed by atoms with van der Waals surface area (Å²) >= 11 is 6.10. The highest BCUT2D eigenvalue weighted by atomic mass is 35.5. The van der Waals surface area contributed by atoms with Gasteiger partial charge in [-0.25, -0.2) is 9.18 Å². The normalized spacial score (nSPS) is 10.7. The number of carboxylic acids is 1. The molecular formula is C18H14ClFN2O3. The molecule has 2 N–H and O–H groups in total. The number of aromatic nitrogens is 1. The minimum Gasteiger partial charge on any atom is -0.495 e. The summed E-state index contributed by atoms with van der Waals surface area (Å²) in [6.07, 6.45) is 1.26. The summed E-state index contributed by atoms with van der Waals surface area (Å²) in [6.45, 7) is 0.305. The third-order valence-electron chi connectivity index (χ3n) is 3.75. The summed E-state index contributed by atoms with van der Waals surface area (Å²) in [5.74, 6) is -1.06. The molecule has 0 aliphatic rings. The zero-order chi connectivity index (χ0) is 18.0. The average molecular weight is 361 g/mol. The Bertz CT molecular complexity index is 962. The van der Waals surface area contributed by atoms with E-state index in [0.29, 0.717) is 33.9 Å². The van der Waals surface area contributed by atoms with Crippen LogP contribution < -0.4 is 10.1 Å². The van der Waals surface area contributed by atoms with Gasteiger partial charge < -0.3 is 15.2 Å². The van der Waals surface area contributed by atoms with Crippen LogP contribution in [0.2, 0.25) is 5.02 Å². The van der Waals surface area contributed by atoms with E-state index < -0.39 is 11.8 Å². The number of nitrogens with zero attached hydrogens (tertiary/aromatic N) is 1. The Labute approximate surface area is 148 Å². The second kappa shape index (κ2) is 6.94. The lowest BCUT2D eigenvalue weighted by Gasteiger charge is -2.13. The van der Waals surface area contributed by atoms with Crippen molar-refractivity contribution in [1.29, 1.82) is 0 Å². The average Bonchev–Trinajstić information content (AvgIpc) is 2.59. The predicted molar refractivity (Wildman–Crippen MR) is 94.0 cm³/mol. The first-order valence-electron chi connectivity index (χ1n) is 7.37. The van der Waals surface area contributed by atoms with Crippen molar-refractivity contribution in [3.8, 4) is 5.75 Å². The number of ether oxygens (including phenoxy) is 1. The molecule has 7 heteroatoms. The number of halogens is 2. The van der Waals surface area contributed by atoms with Crippen LogP contribution in [0.25, 0.3) is 10.9 Å². The molecule has 0 atom stereocenters. The van der Waals surface area contributed by atoms with Crippen molar-refractivity contribution in [2.24, 2.45) is 0 Å². The molecule has 0 unspecified atom stereocenters. The zero-order valence-electron chi connectivity index (χ0n) is 13.2. The first kappa shape index (κ1) is 17.0. The number of hydrogen-bond acceptors (Lipinski definition) is 4. The molecule has 1 heterocycles. The first-order valence-corrected chi connectivity index (χ1v) is 7.75. The summed E-state index contributed by atoms with van der Waals surface area (Å²) in [4.78, 5) is 15.6. The molecule has 0 fully saturated rings. The van der Waals surface area contributed by atoms with Crippen molar-refractivity contribution < 1.29 is 19.0 Å². The Morgan fingerprint density at radius 3 is 2.80 bits per heavy atom. The van der Waals surface area contributed by atoms with Crippen LogP contribution in [0.5, 0.6) is 5.75 Å². The molecule has 0 aliphatic carbocycles. The van der Waals surface area contributed by atoms with E-state index in [1.807, 2.05) is 6.07 Å². The van der Waals surface area contributed by atoms with E-state index in [1.54, 1.807) is 12.1 Å². The lowest BCUT2D eigenvalue weighted by Crippen LogP contribution is -2.08. The van der Waals surface area contributed by atoms with Gasteiger partial charge in [0.1, 0.15) is 17.1 Å². The molecule has 0 saturated carbocycles. The molecule has 0 amide bonds. The Hall–Kier alpha value is -2.86. The molecule has 25 heavy (non-hydrogen) atoms. The number of fused-ring (bicyclic) bond motifs is 1. The van der Waals surface area contributed by atoms with Crippen LogP contribution in [0.3, 0.4) is 0 Å². The quantitative estimate of drug-likeness (QED) is 0.708. The van der Waals surface area contributed by atoms with Gasteiger partial charge in [0.05, 0.1) is 23.3 Å². The van der Waals surface area contributed by atoms with Gasteiger partial charge in [0, 0.05) is 18.1 Å². The summed E-state index contributed by atoms with van der Waals surface area (Å²) in [5, 5.41) is 13.3. The predicted octanol–water partition coefficient (Wildman–Crippen LogP) is 4.35. The van der Waals surface area contributed by atoms with Crippen molar-refractivity contribution in [2.75, 3.05) is 12.4 Å². The number of carbonyl (C=O) groups is 1. The maximum atomic E-state index is 13.6. The SMILES string of the molecule is COc1ccc(CNc2c(C(=O)O)cnc3ccc(F)cc23)cc1Cl. The number of pyridine rings is 1. The van der Waals surface area contributed by atoms with Crippen LogP contribution in [-0.4, -0.2) is 23.2 Å². The number of anilines is 1. The van der Waals surface area contributed by atoms with E-state index in [-0.39, 0.29) is 5.56 Å². The van der Waals surface area contributed by atoms with Gasteiger partial charge in [-0.2, -0.15) is 0 Å². The number of aromatic carboxylic acids is 1. The molecule has 3 rings (SSSR count). The van der Waals surface area contributed by atoms with Crippen LogP contribution in [0.15, 0.2) is 42.6 Å². The maximum absolute atomic E-state index is 13.6. The van der Waals surface area contributed by atoms with Crippen LogP contribution in [0, 0.1) is 5.82 Å². The molecular weight excluding hydrogens is 347 g/mol. The van der Waals surface area contributed by atoms with Crippen LogP contribution >= 0.6 is 11.6 Å². The molecule has 0 spiro atoms. The maximum Gasteiger partial charge on any atom is 0.339 e. The third-order valence-corrected chi connectivity index (χ3v) is 4.04. The molecule has 128 valence electrons. The van der Waals surface area contributed by atoms with Crippen molar-refractivity contribution >= 4 is 34.2 Å². The molecule has 2 aromatic carbocycles. The van der Waals surface area contributed by atoms with Crippen LogP contribution in [-0.2, 0) is 6.54 Å². The molecule has 0 radical (unpaired) electrons. The summed E-state index contributed by atoms with van der Waals surface area (Å²) in [5.41, 5.74) is 1.60. The summed E-state index contributed by atoms with van der Waals surface area (Å²) in [7, 11) is 1.52. The topological polar surface area (TPSA) is 71.5 Å². The molecule has 0 saturated heterocycles. The number of benzene rings is 2. The van der Waals surface area contributed by atoms with Gasteiger partial charge in [-0.15, -0.1) is 0 Å². The van der Waals surface area contributed by atoms with E-state index in [2.05, 4.69) is 10.3 Å². The van der Waals surface area contributed by atoms with Crippen LogP contribution in [0.1, 0.15) is 15.9 Å². The first-order chi connectivity index (χ1) is 12.0. The highest BCUT2D eigenvalue weighted by Crippen LogP contribution is 2.29. The number of nitrogens with one attached hydrogen (secondary N) is 1. The molecule has 5 nitrogen and oxygen atoms in total. The fourth-order valence-corrected chi connectivity index (χ4v) is 2.81. The van der Waals surface area contributed by atoms with Crippen molar-refractivity contribution in [3.05, 3.63) is 64.6 Å². The number of hydrogen-bond donors (Lipinski definition) is 2. The van der Waals surface area contributed by atoms with Crippen LogP contribution in [0.4, 0.5) is 10.1 Å². The van der Waals surface area contributed by atoms with Crippen molar-refractivity contribution in [1.82, 2.24) is 4.98 Å². The van der Waals surface area contributed by atoms with Gasteiger partial charge >= 0.3 is 5.97 Å². The monoisotopic (exact) mass is 360 g/mol. The van der Waals surface area contributed by atoms with Gasteiger partial charge in [0.2, 0.25) is 0 Å². The Morgan fingerprint density at radius 1 is 1.32 bits per heavy atom. The van der Waals surface area contributed by atoms with Crippen molar-refractivity contribution in [3.63, 3.8) is 0 Å². The van der Waals surface area contributed by atoms with E-state index in [1.165, 1.54) is 31.5 Å². The van der Waals surface area contributed by atoms with Gasteiger partial charge in [0.25, 0.3) is 0 Å². The van der Waals surface area contributed by atoms with E-state index >= 15 is 0 Å². The number of carboxylic acid groups (broad SMARTS) is 1. The number of rotatable bonds is 5. The van der Waals surface area contributed by atoms with Gasteiger partial charge in [-0.05, 0) is 35.9 Å². The highest BCUT2D eigenvalue weighted by Gasteiger charge is 2.15. The summed E-state index contributed by atoms with van der Waals surface area (Å²) in [6, 6.07) is 9.30. The smallest absolute Gasteiger partial charge is 0.339 e. The molecule has 0 bridgehead atoms.